The molecule has 1 amide bonds. The first kappa shape index (κ1) is 13.5. The molecular formula is C15H15NO2S. The third-order valence-corrected chi connectivity index (χ3v) is 2.83. The van der Waals surface area contributed by atoms with Gasteiger partial charge in [-0.05, 0) is 36.4 Å². The van der Waals surface area contributed by atoms with Gasteiger partial charge in [0.25, 0.3) is 5.91 Å². The Balaban J connectivity index is 1.74. The molecule has 0 aliphatic carbocycles. The molecule has 4 heteroatoms. The highest BCUT2D eigenvalue weighted by Gasteiger charge is 2.03. The highest BCUT2D eigenvalue weighted by Crippen LogP contribution is 2.08. The van der Waals surface area contributed by atoms with Crippen molar-refractivity contribution in [2.75, 3.05) is 13.2 Å². The smallest absolute Gasteiger partial charge is 0.251 e. The van der Waals surface area contributed by atoms with Gasteiger partial charge in [0, 0.05) is 10.5 Å². The van der Waals surface area contributed by atoms with Crippen LogP contribution in [-0.4, -0.2) is 19.1 Å². The fourth-order valence-corrected chi connectivity index (χ4v) is 1.71. The summed E-state index contributed by atoms with van der Waals surface area (Å²) in [6, 6.07) is 16.6. The lowest BCUT2D eigenvalue weighted by atomic mass is 10.2. The van der Waals surface area contributed by atoms with Crippen LogP contribution >= 0.6 is 12.6 Å². The molecule has 0 atom stereocenters. The van der Waals surface area contributed by atoms with Gasteiger partial charge in [-0.3, -0.25) is 4.79 Å². The fraction of sp³-hybridized carbons (Fsp3) is 0.133. The van der Waals surface area contributed by atoms with Gasteiger partial charge in [-0.2, -0.15) is 0 Å². The van der Waals surface area contributed by atoms with Gasteiger partial charge in [0.15, 0.2) is 0 Å². The van der Waals surface area contributed by atoms with Gasteiger partial charge >= 0.3 is 0 Å². The van der Waals surface area contributed by atoms with E-state index in [-0.39, 0.29) is 5.91 Å². The normalized spacial score (nSPS) is 9.95. The molecule has 0 saturated heterocycles. The summed E-state index contributed by atoms with van der Waals surface area (Å²) in [5.41, 5.74) is 0.623. The number of benzene rings is 2. The number of carbonyl (C=O) groups excluding carboxylic acids is 1. The maximum absolute atomic E-state index is 11.8. The van der Waals surface area contributed by atoms with Gasteiger partial charge in [-0.15, -0.1) is 12.6 Å². The summed E-state index contributed by atoms with van der Waals surface area (Å²) in [4.78, 5) is 12.6. The third kappa shape index (κ3) is 4.34. The Morgan fingerprint density at radius 1 is 1.05 bits per heavy atom. The quantitative estimate of drug-likeness (QED) is 0.649. The van der Waals surface area contributed by atoms with Crippen LogP contribution in [-0.2, 0) is 0 Å². The van der Waals surface area contributed by atoms with Crippen LogP contribution in [0.4, 0.5) is 0 Å². The van der Waals surface area contributed by atoms with Crippen LogP contribution < -0.4 is 10.1 Å². The van der Waals surface area contributed by atoms with Crippen molar-refractivity contribution < 1.29 is 9.53 Å². The number of thiol groups is 1. The molecule has 0 aliphatic heterocycles. The Morgan fingerprint density at radius 3 is 2.42 bits per heavy atom. The number of ether oxygens (including phenoxy) is 1. The van der Waals surface area contributed by atoms with E-state index in [1.165, 1.54) is 0 Å². The maximum Gasteiger partial charge on any atom is 0.251 e. The fourth-order valence-electron chi connectivity index (χ4n) is 1.57. The second-order valence-corrected chi connectivity index (χ2v) is 4.48. The minimum absolute atomic E-state index is 0.106. The van der Waals surface area contributed by atoms with Crippen molar-refractivity contribution in [1.82, 2.24) is 5.32 Å². The van der Waals surface area contributed by atoms with Gasteiger partial charge in [-0.25, -0.2) is 0 Å². The third-order valence-electron chi connectivity index (χ3n) is 2.53. The van der Waals surface area contributed by atoms with E-state index >= 15 is 0 Å². The Hall–Kier alpha value is -1.94. The zero-order valence-corrected chi connectivity index (χ0v) is 11.3. The summed E-state index contributed by atoms with van der Waals surface area (Å²) >= 11 is 4.17. The van der Waals surface area contributed by atoms with Crippen molar-refractivity contribution in [3.63, 3.8) is 0 Å². The van der Waals surface area contributed by atoms with Gasteiger partial charge in [0.2, 0.25) is 0 Å². The van der Waals surface area contributed by atoms with Crippen LogP contribution in [0.3, 0.4) is 0 Å². The summed E-state index contributed by atoms with van der Waals surface area (Å²) in [6.45, 7) is 0.913. The summed E-state index contributed by atoms with van der Waals surface area (Å²) in [6.07, 6.45) is 0. The molecule has 0 aliphatic rings. The standard InChI is InChI=1S/C15H15NO2S/c17-15(12-6-8-14(19)9-7-12)16-10-11-18-13-4-2-1-3-5-13/h1-9,19H,10-11H2,(H,16,17). The second-order valence-electron chi connectivity index (χ2n) is 3.96. The van der Waals surface area contributed by atoms with E-state index in [4.69, 9.17) is 4.74 Å². The molecule has 0 heterocycles. The van der Waals surface area contributed by atoms with E-state index in [1.54, 1.807) is 24.3 Å². The van der Waals surface area contributed by atoms with Crippen molar-refractivity contribution in [3.8, 4) is 5.75 Å². The van der Waals surface area contributed by atoms with E-state index in [2.05, 4.69) is 17.9 Å². The van der Waals surface area contributed by atoms with Crippen LogP contribution in [0.1, 0.15) is 10.4 Å². The number of hydrogen-bond acceptors (Lipinski definition) is 3. The van der Waals surface area contributed by atoms with E-state index < -0.39 is 0 Å². The van der Waals surface area contributed by atoms with Crippen molar-refractivity contribution in [2.24, 2.45) is 0 Å². The minimum atomic E-state index is -0.106. The monoisotopic (exact) mass is 273 g/mol. The summed E-state index contributed by atoms with van der Waals surface area (Å²) in [7, 11) is 0. The zero-order chi connectivity index (χ0) is 13.5. The Morgan fingerprint density at radius 2 is 1.74 bits per heavy atom. The lowest BCUT2D eigenvalue weighted by Gasteiger charge is -2.07. The van der Waals surface area contributed by atoms with E-state index in [9.17, 15) is 4.79 Å². The number of para-hydroxylation sites is 1. The molecule has 2 rings (SSSR count). The van der Waals surface area contributed by atoms with Gasteiger partial charge in [0.1, 0.15) is 12.4 Å². The SMILES string of the molecule is O=C(NCCOc1ccccc1)c1ccc(S)cc1. The average Bonchev–Trinajstić information content (AvgIpc) is 2.45. The van der Waals surface area contributed by atoms with Crippen LogP contribution in [0.15, 0.2) is 59.5 Å². The molecule has 0 aromatic heterocycles. The maximum atomic E-state index is 11.8. The molecule has 19 heavy (non-hydrogen) atoms. The molecular weight excluding hydrogens is 258 g/mol. The molecule has 0 unspecified atom stereocenters. The van der Waals surface area contributed by atoms with Crippen LogP contribution in [0.2, 0.25) is 0 Å². The van der Waals surface area contributed by atoms with E-state index in [1.807, 2.05) is 30.3 Å². The number of carbonyl (C=O) groups is 1. The predicted molar refractivity (Wildman–Crippen MR) is 78.0 cm³/mol. The number of amides is 1. The minimum Gasteiger partial charge on any atom is -0.492 e. The molecule has 0 spiro atoms. The van der Waals surface area contributed by atoms with Gasteiger partial charge in [-0.1, -0.05) is 18.2 Å². The second kappa shape index (κ2) is 6.85. The zero-order valence-electron chi connectivity index (χ0n) is 10.4. The van der Waals surface area contributed by atoms with Crippen LogP contribution in [0.5, 0.6) is 5.75 Å². The summed E-state index contributed by atoms with van der Waals surface area (Å²) < 4.78 is 5.48. The lowest BCUT2D eigenvalue weighted by Crippen LogP contribution is -2.28. The number of hydrogen-bond donors (Lipinski definition) is 2. The molecule has 0 bridgehead atoms. The van der Waals surface area contributed by atoms with Gasteiger partial charge < -0.3 is 10.1 Å². The topological polar surface area (TPSA) is 38.3 Å². The largest absolute Gasteiger partial charge is 0.492 e. The molecule has 0 fully saturated rings. The summed E-state index contributed by atoms with van der Waals surface area (Å²) in [5, 5.41) is 2.80. The van der Waals surface area contributed by atoms with Crippen LogP contribution in [0.25, 0.3) is 0 Å². The van der Waals surface area contributed by atoms with Gasteiger partial charge in [0.05, 0.1) is 6.54 Å². The molecule has 3 nitrogen and oxygen atoms in total. The van der Waals surface area contributed by atoms with E-state index in [0.29, 0.717) is 18.7 Å². The Kier molecular flexibility index (Phi) is 4.86. The molecule has 1 N–H and O–H groups in total. The van der Waals surface area contributed by atoms with Crippen molar-refractivity contribution in [1.29, 1.82) is 0 Å². The first-order valence-corrected chi connectivity index (χ1v) is 6.45. The predicted octanol–water partition coefficient (Wildman–Crippen LogP) is 2.78. The molecule has 2 aromatic carbocycles. The highest BCUT2D eigenvalue weighted by atomic mass is 32.1. The van der Waals surface area contributed by atoms with Crippen LogP contribution in [0, 0.1) is 0 Å². The molecule has 2 aromatic rings. The summed E-state index contributed by atoms with van der Waals surface area (Å²) in [5.74, 6) is 0.696. The van der Waals surface area contributed by atoms with E-state index in [0.717, 1.165) is 10.6 Å². The highest BCUT2D eigenvalue weighted by molar-refractivity contribution is 7.80. The first-order chi connectivity index (χ1) is 9.25. The van der Waals surface area contributed by atoms with Crippen molar-refractivity contribution in [2.45, 2.75) is 4.90 Å². The number of nitrogens with one attached hydrogen (secondary N) is 1. The molecule has 98 valence electrons. The number of rotatable bonds is 5. The molecule has 0 radical (unpaired) electrons. The average molecular weight is 273 g/mol. The Bertz CT molecular complexity index is 526. The Labute approximate surface area is 118 Å². The molecule has 0 saturated carbocycles. The van der Waals surface area contributed by atoms with Crippen molar-refractivity contribution >= 4 is 18.5 Å². The lowest BCUT2D eigenvalue weighted by molar-refractivity contribution is 0.0947. The van der Waals surface area contributed by atoms with Crippen molar-refractivity contribution in [3.05, 3.63) is 60.2 Å². The first-order valence-electron chi connectivity index (χ1n) is 6.01.